The molecule has 0 unspecified atom stereocenters. The maximum absolute atomic E-state index is 5.83. The van der Waals surface area contributed by atoms with E-state index in [1.165, 1.54) is 0 Å². The Morgan fingerprint density at radius 1 is 1.19 bits per heavy atom. The van der Waals surface area contributed by atoms with Crippen LogP contribution >= 0.6 is 11.3 Å². The van der Waals surface area contributed by atoms with Crippen molar-refractivity contribution in [1.82, 2.24) is 9.97 Å². The first kappa shape index (κ1) is 13.8. The molecule has 0 saturated carbocycles. The summed E-state index contributed by atoms with van der Waals surface area (Å²) in [4.78, 5) is 10.1. The molecule has 1 aromatic carbocycles. The molecule has 21 heavy (non-hydrogen) atoms. The Balaban J connectivity index is 1.85. The predicted molar refractivity (Wildman–Crippen MR) is 87.1 cm³/mol. The number of nitrogens with zero attached hydrogens (tertiary/aromatic N) is 2. The van der Waals surface area contributed by atoms with Crippen LogP contribution in [0.2, 0.25) is 0 Å². The summed E-state index contributed by atoms with van der Waals surface area (Å²) in [6.45, 7) is 5.30. The summed E-state index contributed by atoms with van der Waals surface area (Å²) in [5.74, 6) is 2.45. The van der Waals surface area contributed by atoms with Gasteiger partial charge in [0.25, 0.3) is 0 Å². The lowest BCUT2D eigenvalue weighted by Gasteiger charge is -2.10. The number of aromatic nitrogens is 2. The highest BCUT2D eigenvalue weighted by molar-refractivity contribution is 7.16. The maximum atomic E-state index is 5.83. The van der Waals surface area contributed by atoms with Crippen LogP contribution in [0.1, 0.15) is 18.3 Å². The quantitative estimate of drug-likeness (QED) is 0.773. The molecule has 1 N–H and O–H groups in total. The highest BCUT2D eigenvalue weighted by Gasteiger charge is 2.09. The number of hydrogen-bond donors (Lipinski definition) is 1. The van der Waals surface area contributed by atoms with Gasteiger partial charge in [0.1, 0.15) is 23.0 Å². The number of nitrogens with one attached hydrogen (secondary N) is 1. The van der Waals surface area contributed by atoms with E-state index in [0.717, 1.165) is 33.9 Å². The van der Waals surface area contributed by atoms with Crippen LogP contribution in [0.3, 0.4) is 0 Å². The third-order valence-corrected chi connectivity index (χ3v) is 3.97. The lowest BCUT2D eigenvalue weighted by Crippen LogP contribution is -2.06. The fourth-order valence-corrected chi connectivity index (χ4v) is 2.91. The van der Waals surface area contributed by atoms with Crippen molar-refractivity contribution >= 4 is 27.4 Å². The van der Waals surface area contributed by atoms with Gasteiger partial charge in [0.15, 0.2) is 5.82 Å². The van der Waals surface area contributed by atoms with Gasteiger partial charge in [-0.2, -0.15) is 0 Å². The Labute approximate surface area is 127 Å². The summed E-state index contributed by atoms with van der Waals surface area (Å²) in [7, 11) is 0. The average molecular weight is 299 g/mol. The van der Waals surface area contributed by atoms with Crippen molar-refractivity contribution < 1.29 is 4.74 Å². The van der Waals surface area contributed by atoms with E-state index in [9.17, 15) is 0 Å². The van der Waals surface area contributed by atoms with Gasteiger partial charge in [-0.25, -0.2) is 9.97 Å². The molecule has 2 heterocycles. The van der Waals surface area contributed by atoms with Crippen LogP contribution < -0.4 is 10.1 Å². The van der Waals surface area contributed by atoms with Gasteiger partial charge in [0.05, 0.1) is 5.39 Å². The lowest BCUT2D eigenvalue weighted by atomic mass is 10.2. The van der Waals surface area contributed by atoms with Crippen molar-refractivity contribution in [1.29, 1.82) is 0 Å². The van der Waals surface area contributed by atoms with E-state index in [-0.39, 0.29) is 0 Å². The van der Waals surface area contributed by atoms with E-state index in [2.05, 4.69) is 22.2 Å². The summed E-state index contributed by atoms with van der Waals surface area (Å²) in [6.07, 6.45) is 0. The van der Waals surface area contributed by atoms with Crippen LogP contribution in [-0.4, -0.2) is 16.5 Å². The molecule has 3 rings (SSSR count). The van der Waals surface area contributed by atoms with Crippen molar-refractivity contribution in [2.24, 2.45) is 0 Å². The Hall–Kier alpha value is -2.14. The van der Waals surface area contributed by atoms with Crippen molar-refractivity contribution in [3.05, 3.63) is 47.1 Å². The van der Waals surface area contributed by atoms with Gasteiger partial charge in [-0.05, 0) is 36.9 Å². The standard InChI is InChI=1S/C16H17N3OS/c1-3-17-15-12-8-9-21-16(12)19-14(18-15)10-20-13-7-5-4-6-11(13)2/h4-9H,3,10H2,1-2H3,(H,17,18,19). The zero-order valence-corrected chi connectivity index (χ0v) is 12.9. The van der Waals surface area contributed by atoms with Crippen LogP contribution in [0, 0.1) is 6.92 Å². The number of fused-ring (bicyclic) bond motifs is 1. The molecule has 0 fully saturated rings. The largest absolute Gasteiger partial charge is 0.485 e. The van der Waals surface area contributed by atoms with Crippen molar-refractivity contribution in [3.63, 3.8) is 0 Å². The molecule has 2 aromatic heterocycles. The van der Waals surface area contributed by atoms with Crippen LogP contribution in [0.5, 0.6) is 5.75 Å². The Morgan fingerprint density at radius 2 is 2.05 bits per heavy atom. The summed E-state index contributed by atoms with van der Waals surface area (Å²) < 4.78 is 5.83. The molecule has 0 radical (unpaired) electrons. The number of benzene rings is 1. The topological polar surface area (TPSA) is 47.0 Å². The number of para-hydroxylation sites is 1. The molecule has 0 saturated heterocycles. The van der Waals surface area contributed by atoms with Gasteiger partial charge >= 0.3 is 0 Å². The van der Waals surface area contributed by atoms with Gasteiger partial charge in [-0.15, -0.1) is 11.3 Å². The predicted octanol–water partition coefficient (Wildman–Crippen LogP) is 4.01. The molecule has 108 valence electrons. The van der Waals surface area contributed by atoms with Gasteiger partial charge in [-0.3, -0.25) is 0 Å². The second-order valence-corrected chi connectivity index (χ2v) is 5.61. The monoisotopic (exact) mass is 299 g/mol. The Morgan fingerprint density at radius 3 is 2.86 bits per heavy atom. The minimum atomic E-state index is 0.372. The molecule has 0 atom stereocenters. The third kappa shape index (κ3) is 2.97. The minimum Gasteiger partial charge on any atom is -0.485 e. The molecule has 0 aliphatic carbocycles. The average Bonchev–Trinajstić information content (AvgIpc) is 2.95. The second-order valence-electron chi connectivity index (χ2n) is 4.71. The first-order valence-electron chi connectivity index (χ1n) is 6.94. The molecule has 0 amide bonds. The van der Waals surface area contributed by atoms with E-state index >= 15 is 0 Å². The number of thiophene rings is 1. The van der Waals surface area contributed by atoms with E-state index in [0.29, 0.717) is 12.4 Å². The van der Waals surface area contributed by atoms with Crippen molar-refractivity contribution in [2.75, 3.05) is 11.9 Å². The Kier molecular flexibility index (Phi) is 4.01. The summed E-state index contributed by atoms with van der Waals surface area (Å²) in [5, 5.41) is 6.39. The van der Waals surface area contributed by atoms with Crippen LogP contribution in [0.15, 0.2) is 35.7 Å². The molecule has 5 heteroatoms. The second kappa shape index (κ2) is 6.10. The van der Waals surface area contributed by atoms with E-state index in [1.807, 2.05) is 42.6 Å². The smallest absolute Gasteiger partial charge is 0.169 e. The Bertz CT molecular complexity index is 754. The molecule has 3 aromatic rings. The van der Waals surface area contributed by atoms with Crippen LogP contribution in [-0.2, 0) is 6.61 Å². The molecule has 0 spiro atoms. The molecule has 0 bridgehead atoms. The summed E-state index contributed by atoms with van der Waals surface area (Å²) in [5.41, 5.74) is 1.11. The number of rotatable bonds is 5. The summed E-state index contributed by atoms with van der Waals surface area (Å²) >= 11 is 1.62. The SMILES string of the molecule is CCNc1nc(COc2ccccc2C)nc2sccc12. The molecule has 0 aliphatic rings. The van der Waals surface area contributed by atoms with Gasteiger partial charge in [0.2, 0.25) is 0 Å². The van der Waals surface area contributed by atoms with Crippen molar-refractivity contribution in [3.8, 4) is 5.75 Å². The number of aryl methyl sites for hydroxylation is 1. The first-order chi connectivity index (χ1) is 10.3. The van der Waals surface area contributed by atoms with Gasteiger partial charge < -0.3 is 10.1 Å². The van der Waals surface area contributed by atoms with E-state index in [1.54, 1.807) is 11.3 Å². The first-order valence-corrected chi connectivity index (χ1v) is 7.82. The minimum absolute atomic E-state index is 0.372. The van der Waals surface area contributed by atoms with Gasteiger partial charge in [0, 0.05) is 6.54 Å². The molecular formula is C16H17N3OS. The van der Waals surface area contributed by atoms with Crippen molar-refractivity contribution in [2.45, 2.75) is 20.5 Å². The van der Waals surface area contributed by atoms with E-state index in [4.69, 9.17) is 4.74 Å². The fraction of sp³-hybridized carbons (Fsp3) is 0.250. The molecule has 0 aliphatic heterocycles. The number of anilines is 1. The van der Waals surface area contributed by atoms with E-state index < -0.39 is 0 Å². The zero-order valence-electron chi connectivity index (χ0n) is 12.1. The lowest BCUT2D eigenvalue weighted by molar-refractivity contribution is 0.294. The summed E-state index contributed by atoms with van der Waals surface area (Å²) in [6, 6.07) is 10.0. The molecular weight excluding hydrogens is 282 g/mol. The fourth-order valence-electron chi connectivity index (χ4n) is 2.13. The molecule has 4 nitrogen and oxygen atoms in total. The third-order valence-electron chi connectivity index (χ3n) is 3.17. The van der Waals surface area contributed by atoms with Gasteiger partial charge in [-0.1, -0.05) is 18.2 Å². The van der Waals surface area contributed by atoms with Crippen LogP contribution in [0.4, 0.5) is 5.82 Å². The normalized spacial score (nSPS) is 10.8. The highest BCUT2D eigenvalue weighted by atomic mass is 32.1. The number of hydrogen-bond acceptors (Lipinski definition) is 5. The van der Waals surface area contributed by atoms with Crippen LogP contribution in [0.25, 0.3) is 10.2 Å². The maximum Gasteiger partial charge on any atom is 0.169 e. The zero-order chi connectivity index (χ0) is 14.7. The number of ether oxygens (including phenoxy) is 1. The highest BCUT2D eigenvalue weighted by Crippen LogP contribution is 2.25.